The molecule has 3 heteroatoms. The fourth-order valence-corrected chi connectivity index (χ4v) is 1.62. The molecule has 14 heavy (non-hydrogen) atoms. The standard InChI is InChI=1S/C11H15NO2/c12-9-3-1-5-10-11(6-2-4-9)14-8-7-13-10/h1,3-4H,2,5-8,12H2. The van der Waals surface area contributed by atoms with E-state index in [9.17, 15) is 0 Å². The van der Waals surface area contributed by atoms with Gasteiger partial charge in [0.25, 0.3) is 0 Å². The molecule has 76 valence electrons. The fraction of sp³-hybridized carbons (Fsp3) is 0.455. The third-order valence-electron chi connectivity index (χ3n) is 2.31. The Bertz CT molecular complexity index is 302. The molecule has 0 aromatic heterocycles. The Labute approximate surface area is 83.9 Å². The lowest BCUT2D eigenvalue weighted by Gasteiger charge is -2.21. The van der Waals surface area contributed by atoms with Gasteiger partial charge in [0.15, 0.2) is 0 Å². The number of rotatable bonds is 0. The minimum Gasteiger partial charge on any atom is -0.491 e. The minimum atomic E-state index is 0.662. The summed E-state index contributed by atoms with van der Waals surface area (Å²) >= 11 is 0. The predicted octanol–water partition coefficient (Wildman–Crippen LogP) is 1.83. The van der Waals surface area contributed by atoms with E-state index >= 15 is 0 Å². The summed E-state index contributed by atoms with van der Waals surface area (Å²) in [6.07, 6.45) is 8.54. The molecule has 0 aromatic rings. The lowest BCUT2D eigenvalue weighted by molar-refractivity contribution is 0.0556. The Balaban J connectivity index is 2.15. The van der Waals surface area contributed by atoms with E-state index in [-0.39, 0.29) is 0 Å². The predicted molar refractivity (Wildman–Crippen MR) is 54.2 cm³/mol. The van der Waals surface area contributed by atoms with E-state index in [1.54, 1.807) is 0 Å². The summed E-state index contributed by atoms with van der Waals surface area (Å²) in [5.41, 5.74) is 6.56. The molecule has 0 atom stereocenters. The first kappa shape index (κ1) is 9.19. The highest BCUT2D eigenvalue weighted by Crippen LogP contribution is 2.22. The van der Waals surface area contributed by atoms with Crippen molar-refractivity contribution in [1.82, 2.24) is 0 Å². The third-order valence-corrected chi connectivity index (χ3v) is 2.31. The van der Waals surface area contributed by atoms with E-state index in [4.69, 9.17) is 15.2 Å². The van der Waals surface area contributed by atoms with E-state index in [0.29, 0.717) is 13.2 Å². The average molecular weight is 193 g/mol. The van der Waals surface area contributed by atoms with E-state index in [1.165, 1.54) is 0 Å². The Hall–Kier alpha value is -1.38. The van der Waals surface area contributed by atoms with Crippen LogP contribution in [0.5, 0.6) is 0 Å². The number of ether oxygens (including phenoxy) is 2. The first-order valence-corrected chi connectivity index (χ1v) is 4.96. The zero-order valence-corrected chi connectivity index (χ0v) is 8.16. The summed E-state index contributed by atoms with van der Waals surface area (Å²) in [4.78, 5) is 0. The van der Waals surface area contributed by atoms with Gasteiger partial charge in [-0.1, -0.05) is 12.2 Å². The van der Waals surface area contributed by atoms with Crippen molar-refractivity contribution >= 4 is 0 Å². The van der Waals surface area contributed by atoms with Crippen molar-refractivity contribution < 1.29 is 9.47 Å². The first-order valence-electron chi connectivity index (χ1n) is 4.96. The van der Waals surface area contributed by atoms with Gasteiger partial charge in [-0.05, 0) is 12.5 Å². The van der Waals surface area contributed by atoms with E-state index in [1.807, 2.05) is 18.2 Å². The minimum absolute atomic E-state index is 0.662. The maximum atomic E-state index is 5.74. The van der Waals surface area contributed by atoms with Crippen LogP contribution in [0.4, 0.5) is 0 Å². The van der Waals surface area contributed by atoms with Crippen LogP contribution in [0.3, 0.4) is 0 Å². The largest absolute Gasteiger partial charge is 0.491 e. The second kappa shape index (κ2) is 4.22. The second-order valence-corrected chi connectivity index (χ2v) is 3.39. The van der Waals surface area contributed by atoms with Gasteiger partial charge in [0.1, 0.15) is 24.7 Å². The Kier molecular flexibility index (Phi) is 2.77. The number of allylic oxidation sites excluding steroid dienone is 4. The van der Waals surface area contributed by atoms with Crippen LogP contribution in [-0.4, -0.2) is 13.2 Å². The lowest BCUT2D eigenvalue weighted by atomic mass is 10.2. The van der Waals surface area contributed by atoms with Crippen LogP contribution in [0.2, 0.25) is 0 Å². The molecule has 1 heterocycles. The van der Waals surface area contributed by atoms with Gasteiger partial charge in [-0.2, -0.15) is 0 Å². The Morgan fingerprint density at radius 2 is 1.93 bits per heavy atom. The molecule has 3 nitrogen and oxygen atoms in total. The normalized spacial score (nSPS) is 22.1. The summed E-state index contributed by atoms with van der Waals surface area (Å²) in [5.74, 6) is 1.96. The molecule has 1 aliphatic carbocycles. The average Bonchev–Trinajstić information content (AvgIpc) is 2.28. The molecule has 2 N–H and O–H groups in total. The molecule has 0 bridgehead atoms. The summed E-state index contributed by atoms with van der Waals surface area (Å²) in [6.45, 7) is 1.33. The molecule has 0 saturated heterocycles. The van der Waals surface area contributed by atoms with Gasteiger partial charge < -0.3 is 15.2 Å². The fourth-order valence-electron chi connectivity index (χ4n) is 1.62. The zero-order valence-electron chi connectivity index (χ0n) is 8.16. The van der Waals surface area contributed by atoms with Crippen molar-refractivity contribution in [2.45, 2.75) is 19.3 Å². The summed E-state index contributed by atoms with van der Waals surface area (Å²) in [7, 11) is 0. The maximum Gasteiger partial charge on any atom is 0.137 e. The summed E-state index contributed by atoms with van der Waals surface area (Å²) in [6, 6.07) is 0. The summed E-state index contributed by atoms with van der Waals surface area (Å²) < 4.78 is 11.1. The van der Waals surface area contributed by atoms with E-state index < -0.39 is 0 Å². The highest BCUT2D eigenvalue weighted by atomic mass is 16.6. The lowest BCUT2D eigenvalue weighted by Crippen LogP contribution is -2.13. The highest BCUT2D eigenvalue weighted by molar-refractivity contribution is 5.20. The SMILES string of the molecule is NC1=CCCC2=C(CC=C1)OCCO2. The Morgan fingerprint density at radius 3 is 2.79 bits per heavy atom. The smallest absolute Gasteiger partial charge is 0.137 e. The molecule has 1 aliphatic heterocycles. The highest BCUT2D eigenvalue weighted by Gasteiger charge is 2.14. The maximum absolute atomic E-state index is 5.74. The van der Waals surface area contributed by atoms with Crippen LogP contribution in [0.25, 0.3) is 0 Å². The molecule has 0 fully saturated rings. The number of hydrogen-bond acceptors (Lipinski definition) is 3. The van der Waals surface area contributed by atoms with Gasteiger partial charge in [0.2, 0.25) is 0 Å². The third kappa shape index (κ3) is 2.10. The Morgan fingerprint density at radius 1 is 1.14 bits per heavy atom. The number of nitrogens with two attached hydrogens (primary N) is 1. The topological polar surface area (TPSA) is 44.5 Å². The zero-order chi connectivity index (χ0) is 9.80. The number of hydrogen-bond donors (Lipinski definition) is 1. The molecule has 2 rings (SSSR count). The van der Waals surface area contributed by atoms with Gasteiger partial charge in [-0.25, -0.2) is 0 Å². The first-order chi connectivity index (χ1) is 6.86. The van der Waals surface area contributed by atoms with Crippen LogP contribution in [-0.2, 0) is 9.47 Å². The molecule has 0 unspecified atom stereocenters. The van der Waals surface area contributed by atoms with Crippen molar-refractivity contribution in [2.75, 3.05) is 13.2 Å². The van der Waals surface area contributed by atoms with Gasteiger partial charge in [-0.15, -0.1) is 0 Å². The van der Waals surface area contributed by atoms with Gasteiger partial charge in [0, 0.05) is 18.5 Å². The quantitative estimate of drug-likeness (QED) is 0.638. The molecular formula is C11H15NO2. The van der Waals surface area contributed by atoms with Crippen LogP contribution in [0.15, 0.2) is 35.4 Å². The molecule has 0 saturated carbocycles. The van der Waals surface area contributed by atoms with Crippen LogP contribution < -0.4 is 5.73 Å². The van der Waals surface area contributed by atoms with Crippen LogP contribution >= 0.6 is 0 Å². The van der Waals surface area contributed by atoms with Gasteiger partial charge >= 0.3 is 0 Å². The van der Waals surface area contributed by atoms with Gasteiger partial charge in [0.05, 0.1) is 0 Å². The summed E-state index contributed by atoms with van der Waals surface area (Å²) in [5, 5.41) is 0. The molecule has 2 aliphatic rings. The monoisotopic (exact) mass is 193 g/mol. The molecule has 0 spiro atoms. The van der Waals surface area contributed by atoms with Crippen LogP contribution in [0, 0.1) is 0 Å². The van der Waals surface area contributed by atoms with Crippen molar-refractivity contribution in [1.29, 1.82) is 0 Å². The molecule has 0 radical (unpaired) electrons. The van der Waals surface area contributed by atoms with Crippen molar-refractivity contribution in [3.8, 4) is 0 Å². The van der Waals surface area contributed by atoms with Crippen molar-refractivity contribution in [2.24, 2.45) is 5.73 Å². The molecule has 0 amide bonds. The van der Waals surface area contributed by atoms with E-state index in [2.05, 4.69) is 0 Å². The van der Waals surface area contributed by atoms with Crippen LogP contribution in [0.1, 0.15) is 19.3 Å². The van der Waals surface area contributed by atoms with Crippen molar-refractivity contribution in [3.63, 3.8) is 0 Å². The van der Waals surface area contributed by atoms with E-state index in [0.717, 1.165) is 36.5 Å². The molecular weight excluding hydrogens is 178 g/mol. The van der Waals surface area contributed by atoms with Crippen molar-refractivity contribution in [3.05, 3.63) is 35.4 Å². The second-order valence-electron chi connectivity index (χ2n) is 3.39. The molecule has 0 aromatic carbocycles. The van der Waals surface area contributed by atoms with Gasteiger partial charge in [-0.3, -0.25) is 0 Å².